The van der Waals surface area contributed by atoms with E-state index >= 15 is 0 Å². The standard InChI is InChI=1S/C12H20N4S/c1-4-11-5-6-17-12(15-11)13-7-10-8-14-16(3)9(10)2/h8,11H,4-7H2,1-3H3,(H,13,15). The number of thioether (sulfide) groups is 1. The van der Waals surface area contributed by atoms with Crippen molar-refractivity contribution in [2.75, 3.05) is 5.75 Å². The van der Waals surface area contributed by atoms with Crippen LogP contribution < -0.4 is 5.32 Å². The highest BCUT2D eigenvalue weighted by molar-refractivity contribution is 8.13. The molecule has 1 aliphatic heterocycles. The minimum Gasteiger partial charge on any atom is -0.362 e. The van der Waals surface area contributed by atoms with Gasteiger partial charge in [-0.05, 0) is 19.8 Å². The summed E-state index contributed by atoms with van der Waals surface area (Å²) in [5.41, 5.74) is 2.41. The van der Waals surface area contributed by atoms with Crippen LogP contribution >= 0.6 is 11.8 Å². The van der Waals surface area contributed by atoms with Crippen LogP contribution in [0.1, 0.15) is 31.0 Å². The van der Waals surface area contributed by atoms with E-state index in [0.29, 0.717) is 6.04 Å². The summed E-state index contributed by atoms with van der Waals surface area (Å²) >= 11 is 1.83. The van der Waals surface area contributed by atoms with Crippen molar-refractivity contribution < 1.29 is 0 Å². The quantitative estimate of drug-likeness (QED) is 0.895. The SMILES string of the molecule is CCC1CCSC(=NCc2cnn(C)c2C)N1. The highest BCUT2D eigenvalue weighted by Crippen LogP contribution is 2.17. The summed E-state index contributed by atoms with van der Waals surface area (Å²) in [5, 5.41) is 8.81. The number of hydrogen-bond donors (Lipinski definition) is 1. The van der Waals surface area contributed by atoms with Gasteiger partial charge in [0.05, 0.1) is 12.7 Å². The molecule has 1 unspecified atom stereocenters. The second-order valence-electron chi connectivity index (χ2n) is 4.39. The first kappa shape index (κ1) is 12.5. The summed E-state index contributed by atoms with van der Waals surface area (Å²) in [7, 11) is 1.96. The number of aromatic nitrogens is 2. The normalized spacial score (nSPS) is 22.8. The first-order valence-corrected chi connectivity index (χ1v) is 7.10. The first-order chi connectivity index (χ1) is 8.20. The maximum atomic E-state index is 4.64. The maximum absolute atomic E-state index is 4.64. The van der Waals surface area contributed by atoms with Gasteiger partial charge in [0.15, 0.2) is 5.17 Å². The second-order valence-corrected chi connectivity index (χ2v) is 5.47. The van der Waals surface area contributed by atoms with Crippen molar-refractivity contribution in [2.24, 2.45) is 12.0 Å². The molecule has 0 amide bonds. The molecule has 1 fully saturated rings. The molecule has 1 aromatic heterocycles. The van der Waals surface area contributed by atoms with Crippen molar-refractivity contribution in [3.05, 3.63) is 17.5 Å². The molecule has 1 atom stereocenters. The average molecular weight is 252 g/mol. The van der Waals surface area contributed by atoms with E-state index in [-0.39, 0.29) is 0 Å². The monoisotopic (exact) mass is 252 g/mol. The van der Waals surface area contributed by atoms with Gasteiger partial charge in [-0.3, -0.25) is 9.67 Å². The zero-order valence-corrected chi connectivity index (χ0v) is 11.5. The molecule has 94 valence electrons. The molecular formula is C12H20N4S. The molecule has 2 heterocycles. The van der Waals surface area contributed by atoms with Gasteiger partial charge in [0.1, 0.15) is 0 Å². The molecule has 1 saturated heterocycles. The minimum absolute atomic E-state index is 0.602. The van der Waals surface area contributed by atoms with Crippen LogP contribution in [0.5, 0.6) is 0 Å². The Morgan fingerprint density at radius 1 is 1.65 bits per heavy atom. The van der Waals surface area contributed by atoms with E-state index in [0.717, 1.165) is 11.7 Å². The summed E-state index contributed by atoms with van der Waals surface area (Å²) in [6.07, 6.45) is 4.32. The van der Waals surface area contributed by atoms with Gasteiger partial charge in [0.2, 0.25) is 0 Å². The summed E-state index contributed by atoms with van der Waals surface area (Å²) in [6, 6.07) is 0.602. The number of nitrogens with zero attached hydrogens (tertiary/aromatic N) is 3. The predicted molar refractivity (Wildman–Crippen MR) is 73.4 cm³/mol. The van der Waals surface area contributed by atoms with Gasteiger partial charge in [-0.15, -0.1) is 0 Å². The van der Waals surface area contributed by atoms with Gasteiger partial charge in [-0.25, -0.2) is 0 Å². The Hall–Kier alpha value is -0.970. The fourth-order valence-electron chi connectivity index (χ4n) is 1.84. The molecule has 0 radical (unpaired) electrons. The Labute approximate surface area is 107 Å². The zero-order chi connectivity index (χ0) is 12.3. The molecule has 17 heavy (non-hydrogen) atoms. The molecule has 0 bridgehead atoms. The van der Waals surface area contributed by atoms with Crippen molar-refractivity contribution in [2.45, 2.75) is 39.3 Å². The van der Waals surface area contributed by atoms with Crippen molar-refractivity contribution in [3.63, 3.8) is 0 Å². The molecule has 0 saturated carbocycles. The van der Waals surface area contributed by atoms with Gasteiger partial charge in [0.25, 0.3) is 0 Å². The van der Waals surface area contributed by atoms with E-state index in [9.17, 15) is 0 Å². The molecule has 5 heteroatoms. The summed E-state index contributed by atoms with van der Waals surface area (Å²) in [5.74, 6) is 1.18. The number of amidine groups is 1. The van der Waals surface area contributed by atoms with Gasteiger partial charge in [-0.1, -0.05) is 18.7 Å². The van der Waals surface area contributed by atoms with Crippen molar-refractivity contribution in [3.8, 4) is 0 Å². The molecule has 0 aliphatic carbocycles. The Kier molecular flexibility index (Phi) is 4.10. The van der Waals surface area contributed by atoms with Crippen LogP contribution in [0.4, 0.5) is 0 Å². The molecule has 4 nitrogen and oxygen atoms in total. The fraction of sp³-hybridized carbons (Fsp3) is 0.667. The van der Waals surface area contributed by atoms with E-state index in [2.05, 4.69) is 29.3 Å². The minimum atomic E-state index is 0.602. The summed E-state index contributed by atoms with van der Waals surface area (Å²) < 4.78 is 1.89. The Balaban J connectivity index is 1.98. The lowest BCUT2D eigenvalue weighted by Crippen LogP contribution is -2.37. The fourth-order valence-corrected chi connectivity index (χ4v) is 2.84. The van der Waals surface area contributed by atoms with E-state index in [4.69, 9.17) is 0 Å². The lowest BCUT2D eigenvalue weighted by atomic mass is 10.2. The first-order valence-electron chi connectivity index (χ1n) is 6.12. The van der Waals surface area contributed by atoms with Crippen LogP contribution in [0, 0.1) is 6.92 Å². The number of hydrogen-bond acceptors (Lipinski definition) is 3. The van der Waals surface area contributed by atoms with Crippen LogP contribution in [-0.4, -0.2) is 26.7 Å². The van der Waals surface area contributed by atoms with Gasteiger partial charge in [0, 0.05) is 30.1 Å². The second kappa shape index (κ2) is 5.58. The van der Waals surface area contributed by atoms with Crippen LogP contribution in [0.25, 0.3) is 0 Å². The predicted octanol–water partition coefficient (Wildman–Crippen LogP) is 2.09. The lowest BCUT2D eigenvalue weighted by Gasteiger charge is -2.24. The van der Waals surface area contributed by atoms with Gasteiger partial charge in [-0.2, -0.15) is 5.10 Å². The largest absolute Gasteiger partial charge is 0.362 e. The lowest BCUT2D eigenvalue weighted by molar-refractivity contribution is 0.570. The number of rotatable bonds is 3. The smallest absolute Gasteiger partial charge is 0.157 e. The Morgan fingerprint density at radius 2 is 2.47 bits per heavy atom. The van der Waals surface area contributed by atoms with Gasteiger partial charge >= 0.3 is 0 Å². The number of nitrogens with one attached hydrogen (secondary N) is 1. The topological polar surface area (TPSA) is 42.2 Å². The van der Waals surface area contributed by atoms with Gasteiger partial charge < -0.3 is 5.32 Å². The summed E-state index contributed by atoms with van der Waals surface area (Å²) in [4.78, 5) is 4.64. The van der Waals surface area contributed by atoms with Crippen molar-refractivity contribution in [1.82, 2.24) is 15.1 Å². The third-order valence-corrected chi connectivity index (χ3v) is 4.22. The van der Waals surface area contributed by atoms with E-state index in [1.807, 2.05) is 29.7 Å². The van der Waals surface area contributed by atoms with Crippen molar-refractivity contribution in [1.29, 1.82) is 0 Å². The highest BCUT2D eigenvalue weighted by Gasteiger charge is 2.15. The summed E-state index contributed by atoms with van der Waals surface area (Å²) in [6.45, 7) is 5.03. The third-order valence-electron chi connectivity index (χ3n) is 3.26. The maximum Gasteiger partial charge on any atom is 0.157 e. The van der Waals surface area contributed by atoms with Crippen LogP contribution in [0.3, 0.4) is 0 Å². The van der Waals surface area contributed by atoms with E-state index in [1.54, 1.807) is 0 Å². The van der Waals surface area contributed by atoms with Crippen LogP contribution in [-0.2, 0) is 13.6 Å². The van der Waals surface area contributed by atoms with E-state index < -0.39 is 0 Å². The molecule has 1 N–H and O–H groups in total. The molecule has 0 spiro atoms. The molecule has 2 rings (SSSR count). The third kappa shape index (κ3) is 3.03. The zero-order valence-electron chi connectivity index (χ0n) is 10.7. The molecule has 1 aliphatic rings. The molecular weight excluding hydrogens is 232 g/mol. The van der Waals surface area contributed by atoms with Crippen LogP contribution in [0.15, 0.2) is 11.2 Å². The number of aliphatic imine (C=N–C) groups is 1. The van der Waals surface area contributed by atoms with E-state index in [1.165, 1.54) is 29.9 Å². The molecule has 1 aromatic rings. The molecule has 0 aromatic carbocycles. The van der Waals surface area contributed by atoms with Crippen molar-refractivity contribution >= 4 is 16.9 Å². The Morgan fingerprint density at radius 3 is 3.12 bits per heavy atom. The average Bonchev–Trinajstić information content (AvgIpc) is 2.68. The Bertz CT molecular complexity index is 411. The van der Waals surface area contributed by atoms with Crippen LogP contribution in [0.2, 0.25) is 0 Å². The highest BCUT2D eigenvalue weighted by atomic mass is 32.2. The number of aryl methyl sites for hydroxylation is 1.